The van der Waals surface area contributed by atoms with E-state index in [1.807, 2.05) is 24.3 Å². The number of carbonyl (C=O) groups excluding carboxylic acids is 1. The number of carbonyl (C=O) groups is 1. The maximum Gasteiger partial charge on any atom is 0.251 e. The smallest absolute Gasteiger partial charge is 0.251 e. The van der Waals surface area contributed by atoms with Gasteiger partial charge in [0.15, 0.2) is 0 Å². The standard InChI is InChI=1S/C18H28BrNO/c1-17(2,3)11-15(19)12-20-16(21)13-7-9-14(10-8-13)18(4,5)6/h7-10,15H,11-12H2,1-6H3,(H,20,21). The lowest BCUT2D eigenvalue weighted by atomic mass is 9.86. The van der Waals surface area contributed by atoms with Gasteiger partial charge in [0.05, 0.1) is 0 Å². The number of nitrogens with one attached hydrogen (secondary N) is 1. The molecule has 1 aromatic carbocycles. The Balaban J connectivity index is 2.57. The predicted octanol–water partition coefficient (Wildman–Crippen LogP) is 4.91. The van der Waals surface area contributed by atoms with Crippen LogP contribution in [0.3, 0.4) is 0 Å². The number of hydrogen-bond acceptors (Lipinski definition) is 1. The van der Waals surface area contributed by atoms with Crippen molar-refractivity contribution >= 4 is 21.8 Å². The van der Waals surface area contributed by atoms with Gasteiger partial charge in [-0.2, -0.15) is 0 Å². The van der Waals surface area contributed by atoms with Gasteiger partial charge in [0.1, 0.15) is 0 Å². The van der Waals surface area contributed by atoms with Crippen molar-refractivity contribution in [2.75, 3.05) is 6.54 Å². The van der Waals surface area contributed by atoms with Crippen molar-refractivity contribution < 1.29 is 4.79 Å². The summed E-state index contributed by atoms with van der Waals surface area (Å²) in [7, 11) is 0. The lowest BCUT2D eigenvalue weighted by molar-refractivity contribution is 0.0952. The molecule has 0 saturated heterocycles. The highest BCUT2D eigenvalue weighted by Crippen LogP contribution is 2.24. The Morgan fingerprint density at radius 2 is 1.62 bits per heavy atom. The van der Waals surface area contributed by atoms with E-state index in [4.69, 9.17) is 0 Å². The highest BCUT2D eigenvalue weighted by atomic mass is 79.9. The summed E-state index contributed by atoms with van der Waals surface area (Å²) in [6, 6.07) is 7.89. The normalized spacial score (nSPS) is 13.9. The van der Waals surface area contributed by atoms with Gasteiger partial charge in [0.2, 0.25) is 0 Å². The van der Waals surface area contributed by atoms with Gasteiger partial charge in [-0.05, 0) is 34.9 Å². The molecule has 0 aliphatic carbocycles. The predicted molar refractivity (Wildman–Crippen MR) is 94.3 cm³/mol. The minimum absolute atomic E-state index is 0.00572. The molecule has 21 heavy (non-hydrogen) atoms. The topological polar surface area (TPSA) is 29.1 Å². The Kier molecular flexibility index (Phi) is 6.03. The molecular formula is C18H28BrNO. The molecule has 1 rings (SSSR count). The van der Waals surface area contributed by atoms with Crippen LogP contribution in [0.2, 0.25) is 0 Å². The molecule has 0 saturated carbocycles. The molecule has 0 heterocycles. The fourth-order valence-electron chi connectivity index (χ4n) is 2.16. The second kappa shape index (κ2) is 6.95. The van der Waals surface area contributed by atoms with Crippen LogP contribution in [0.4, 0.5) is 0 Å². The maximum atomic E-state index is 12.1. The van der Waals surface area contributed by atoms with E-state index in [2.05, 4.69) is 62.8 Å². The Labute approximate surface area is 137 Å². The van der Waals surface area contributed by atoms with Crippen molar-refractivity contribution in [3.05, 3.63) is 35.4 Å². The quantitative estimate of drug-likeness (QED) is 0.765. The lowest BCUT2D eigenvalue weighted by Gasteiger charge is -2.22. The van der Waals surface area contributed by atoms with Crippen molar-refractivity contribution in [1.82, 2.24) is 5.32 Å². The molecule has 0 fully saturated rings. The van der Waals surface area contributed by atoms with Crippen LogP contribution >= 0.6 is 15.9 Å². The van der Waals surface area contributed by atoms with Crippen LogP contribution in [0.5, 0.6) is 0 Å². The van der Waals surface area contributed by atoms with Crippen LogP contribution in [0, 0.1) is 5.41 Å². The van der Waals surface area contributed by atoms with Crippen LogP contribution in [0.25, 0.3) is 0 Å². The maximum absolute atomic E-state index is 12.1. The third-order valence-electron chi connectivity index (χ3n) is 3.33. The molecular weight excluding hydrogens is 326 g/mol. The van der Waals surface area contributed by atoms with Crippen LogP contribution in [0.1, 0.15) is 63.9 Å². The molecule has 0 aromatic heterocycles. The average molecular weight is 354 g/mol. The molecule has 0 spiro atoms. The molecule has 0 bridgehead atoms. The molecule has 2 nitrogen and oxygen atoms in total. The van der Waals surface area contributed by atoms with E-state index < -0.39 is 0 Å². The van der Waals surface area contributed by atoms with Crippen LogP contribution < -0.4 is 5.32 Å². The summed E-state index contributed by atoms with van der Waals surface area (Å²) in [4.78, 5) is 12.4. The monoisotopic (exact) mass is 353 g/mol. The third-order valence-corrected chi connectivity index (χ3v) is 3.98. The average Bonchev–Trinajstić information content (AvgIpc) is 2.33. The second-order valence-electron chi connectivity index (χ2n) is 7.90. The SMILES string of the molecule is CC(C)(C)CC(Br)CNC(=O)c1ccc(C(C)(C)C)cc1. The first-order valence-electron chi connectivity index (χ1n) is 7.52. The molecule has 1 unspecified atom stereocenters. The van der Waals surface area contributed by atoms with E-state index in [0.717, 1.165) is 12.0 Å². The fraction of sp³-hybridized carbons (Fsp3) is 0.611. The minimum Gasteiger partial charge on any atom is -0.351 e. The first-order valence-corrected chi connectivity index (χ1v) is 8.43. The first-order chi connectivity index (χ1) is 9.49. The van der Waals surface area contributed by atoms with Gasteiger partial charge in [-0.25, -0.2) is 0 Å². The highest BCUT2D eigenvalue weighted by molar-refractivity contribution is 9.09. The van der Waals surface area contributed by atoms with Gasteiger partial charge in [-0.3, -0.25) is 4.79 Å². The third kappa shape index (κ3) is 6.64. The molecule has 1 N–H and O–H groups in total. The molecule has 1 aromatic rings. The van der Waals surface area contributed by atoms with E-state index in [-0.39, 0.29) is 16.7 Å². The number of halogens is 1. The fourth-order valence-corrected chi connectivity index (χ4v) is 3.30. The largest absolute Gasteiger partial charge is 0.351 e. The van der Waals surface area contributed by atoms with Gasteiger partial charge < -0.3 is 5.32 Å². The van der Waals surface area contributed by atoms with Gasteiger partial charge in [-0.15, -0.1) is 0 Å². The molecule has 3 heteroatoms. The number of hydrogen-bond donors (Lipinski definition) is 1. The number of alkyl halides is 1. The Bertz CT molecular complexity index is 465. The first kappa shape index (κ1) is 18.2. The van der Waals surface area contributed by atoms with Crippen LogP contribution in [0.15, 0.2) is 24.3 Å². The minimum atomic E-state index is -0.00572. The van der Waals surface area contributed by atoms with Crippen molar-refractivity contribution in [3.8, 4) is 0 Å². The Morgan fingerprint density at radius 1 is 1.10 bits per heavy atom. The van der Waals surface area contributed by atoms with E-state index in [1.165, 1.54) is 5.56 Å². The van der Waals surface area contributed by atoms with Gasteiger partial charge in [0, 0.05) is 16.9 Å². The molecule has 0 aliphatic rings. The number of rotatable bonds is 4. The van der Waals surface area contributed by atoms with Crippen molar-refractivity contribution in [1.29, 1.82) is 0 Å². The zero-order valence-corrected chi connectivity index (χ0v) is 15.7. The Morgan fingerprint density at radius 3 is 2.05 bits per heavy atom. The van der Waals surface area contributed by atoms with Crippen LogP contribution in [-0.2, 0) is 5.41 Å². The summed E-state index contributed by atoms with van der Waals surface area (Å²) in [6.45, 7) is 13.8. The second-order valence-corrected chi connectivity index (χ2v) is 9.19. The van der Waals surface area contributed by atoms with Crippen molar-refractivity contribution in [2.24, 2.45) is 5.41 Å². The van der Waals surface area contributed by atoms with Crippen LogP contribution in [-0.4, -0.2) is 17.3 Å². The summed E-state index contributed by atoms with van der Waals surface area (Å²) in [5.74, 6) is -0.00572. The van der Waals surface area contributed by atoms with E-state index in [1.54, 1.807) is 0 Å². The van der Waals surface area contributed by atoms with Gasteiger partial charge >= 0.3 is 0 Å². The number of benzene rings is 1. The van der Waals surface area contributed by atoms with Crippen molar-refractivity contribution in [2.45, 2.75) is 58.2 Å². The number of amides is 1. The molecule has 0 aliphatic heterocycles. The van der Waals surface area contributed by atoms with E-state index >= 15 is 0 Å². The van der Waals surface area contributed by atoms with Gasteiger partial charge in [-0.1, -0.05) is 69.6 Å². The summed E-state index contributed by atoms with van der Waals surface area (Å²) >= 11 is 3.64. The lowest BCUT2D eigenvalue weighted by Crippen LogP contribution is -2.31. The Hall–Kier alpha value is -0.830. The summed E-state index contributed by atoms with van der Waals surface area (Å²) in [5, 5.41) is 2.99. The molecule has 0 radical (unpaired) electrons. The van der Waals surface area contributed by atoms with E-state index in [9.17, 15) is 4.79 Å². The zero-order valence-electron chi connectivity index (χ0n) is 14.1. The molecule has 118 valence electrons. The zero-order chi connectivity index (χ0) is 16.3. The van der Waals surface area contributed by atoms with Gasteiger partial charge in [0.25, 0.3) is 5.91 Å². The summed E-state index contributed by atoms with van der Waals surface area (Å²) in [6.07, 6.45) is 1.02. The molecule has 1 amide bonds. The van der Waals surface area contributed by atoms with E-state index in [0.29, 0.717) is 11.4 Å². The highest BCUT2D eigenvalue weighted by Gasteiger charge is 2.18. The summed E-state index contributed by atoms with van der Waals surface area (Å²) in [5.41, 5.74) is 2.33. The molecule has 1 atom stereocenters. The summed E-state index contributed by atoms with van der Waals surface area (Å²) < 4.78 is 0. The van der Waals surface area contributed by atoms with Crippen molar-refractivity contribution in [3.63, 3.8) is 0 Å².